The molecule has 0 unspecified atom stereocenters. The lowest BCUT2D eigenvalue weighted by Gasteiger charge is -2.34. The molecule has 1 aliphatic heterocycles. The van der Waals surface area contributed by atoms with E-state index in [1.807, 2.05) is 12.1 Å². The Labute approximate surface area is 122 Å². The van der Waals surface area contributed by atoms with Crippen LogP contribution in [0.4, 0.5) is 0 Å². The van der Waals surface area contributed by atoms with Gasteiger partial charge in [0.1, 0.15) is 0 Å². The van der Waals surface area contributed by atoms with Crippen molar-refractivity contribution in [2.75, 3.05) is 19.6 Å². The highest BCUT2D eigenvalue weighted by atomic mass is 79.9. The van der Waals surface area contributed by atoms with Crippen LogP contribution in [-0.2, 0) is 6.54 Å². The topological polar surface area (TPSA) is 15.3 Å². The third-order valence-electron chi connectivity index (χ3n) is 3.02. The molecule has 17 heavy (non-hydrogen) atoms. The van der Waals surface area contributed by atoms with Crippen molar-refractivity contribution in [1.82, 2.24) is 10.2 Å². The number of hydrogen-bond acceptors (Lipinski definition) is 2. The van der Waals surface area contributed by atoms with Gasteiger partial charge in [-0.1, -0.05) is 27.5 Å². The van der Waals surface area contributed by atoms with Crippen molar-refractivity contribution in [2.24, 2.45) is 0 Å². The number of benzene rings is 1. The van der Waals surface area contributed by atoms with Crippen molar-refractivity contribution in [1.29, 1.82) is 0 Å². The molecule has 1 fully saturated rings. The molecule has 0 bridgehead atoms. The van der Waals surface area contributed by atoms with E-state index >= 15 is 0 Å². The fourth-order valence-corrected chi connectivity index (χ4v) is 2.59. The summed E-state index contributed by atoms with van der Waals surface area (Å²) in [5, 5.41) is 4.25. The van der Waals surface area contributed by atoms with Crippen LogP contribution in [0.1, 0.15) is 12.5 Å². The minimum absolute atomic E-state index is 0. The maximum atomic E-state index is 6.20. The van der Waals surface area contributed by atoms with Crippen LogP contribution in [0.5, 0.6) is 0 Å². The predicted molar refractivity (Wildman–Crippen MR) is 79.1 cm³/mol. The Hall–Kier alpha value is 0.200. The molecule has 1 heterocycles. The van der Waals surface area contributed by atoms with Gasteiger partial charge < -0.3 is 5.32 Å². The Morgan fingerprint density at radius 1 is 1.53 bits per heavy atom. The Morgan fingerprint density at radius 2 is 2.29 bits per heavy atom. The molecule has 1 aromatic rings. The molecule has 1 aliphatic rings. The second kappa shape index (κ2) is 6.95. The molecule has 0 amide bonds. The van der Waals surface area contributed by atoms with Crippen molar-refractivity contribution in [3.63, 3.8) is 0 Å². The van der Waals surface area contributed by atoms with Crippen LogP contribution >= 0.6 is 39.9 Å². The van der Waals surface area contributed by atoms with Crippen LogP contribution in [0.2, 0.25) is 5.02 Å². The molecule has 1 saturated heterocycles. The smallest absolute Gasteiger partial charge is 0.0451 e. The molecule has 0 aromatic heterocycles. The van der Waals surface area contributed by atoms with Gasteiger partial charge in [0.25, 0.3) is 0 Å². The van der Waals surface area contributed by atoms with E-state index in [9.17, 15) is 0 Å². The summed E-state index contributed by atoms with van der Waals surface area (Å²) in [6.07, 6.45) is 0. The number of nitrogens with zero attached hydrogens (tertiary/aromatic N) is 1. The second-order valence-corrected chi connectivity index (χ2v) is 5.58. The fraction of sp³-hybridized carbons (Fsp3) is 0.500. The number of nitrogens with one attached hydrogen (secondary N) is 1. The average molecular weight is 340 g/mol. The van der Waals surface area contributed by atoms with E-state index in [4.69, 9.17) is 11.6 Å². The van der Waals surface area contributed by atoms with Crippen LogP contribution in [0.3, 0.4) is 0 Å². The zero-order valence-electron chi connectivity index (χ0n) is 9.75. The molecule has 0 radical (unpaired) electrons. The molecule has 2 nitrogen and oxygen atoms in total. The van der Waals surface area contributed by atoms with Gasteiger partial charge in [-0.05, 0) is 30.7 Å². The maximum Gasteiger partial charge on any atom is 0.0451 e. The molecule has 96 valence electrons. The van der Waals surface area contributed by atoms with Crippen molar-refractivity contribution in [3.8, 4) is 0 Å². The van der Waals surface area contributed by atoms with Gasteiger partial charge in [0.15, 0.2) is 0 Å². The number of rotatable bonds is 2. The van der Waals surface area contributed by atoms with Gasteiger partial charge in [0.05, 0.1) is 0 Å². The molecule has 1 atom stereocenters. The largest absolute Gasteiger partial charge is 0.314 e. The molecular weight excluding hydrogens is 323 g/mol. The Kier molecular flexibility index (Phi) is 6.24. The first kappa shape index (κ1) is 15.3. The lowest BCUT2D eigenvalue weighted by molar-refractivity contribution is 0.165. The molecule has 0 spiro atoms. The van der Waals surface area contributed by atoms with Gasteiger partial charge in [0, 0.05) is 41.7 Å². The molecule has 2 rings (SSSR count). The van der Waals surface area contributed by atoms with Gasteiger partial charge >= 0.3 is 0 Å². The average Bonchev–Trinajstić information content (AvgIpc) is 2.27. The summed E-state index contributed by atoms with van der Waals surface area (Å²) in [5.41, 5.74) is 1.20. The Morgan fingerprint density at radius 3 is 3.00 bits per heavy atom. The second-order valence-electron chi connectivity index (χ2n) is 4.26. The first-order valence-corrected chi connectivity index (χ1v) is 6.72. The van der Waals surface area contributed by atoms with Crippen molar-refractivity contribution in [3.05, 3.63) is 33.3 Å². The molecule has 1 aromatic carbocycles. The molecule has 0 aliphatic carbocycles. The van der Waals surface area contributed by atoms with E-state index in [1.165, 1.54) is 5.56 Å². The quantitative estimate of drug-likeness (QED) is 0.889. The summed E-state index contributed by atoms with van der Waals surface area (Å²) >= 11 is 9.69. The highest BCUT2D eigenvalue weighted by Crippen LogP contribution is 2.23. The van der Waals surface area contributed by atoms with Crippen LogP contribution in [0.15, 0.2) is 22.7 Å². The SMILES string of the molecule is C[C@H]1CNCCN1Cc1cc(Br)ccc1Cl.Cl. The lowest BCUT2D eigenvalue weighted by Crippen LogP contribution is -2.49. The van der Waals surface area contributed by atoms with Gasteiger partial charge in [-0.3, -0.25) is 4.90 Å². The summed E-state index contributed by atoms with van der Waals surface area (Å²) in [6, 6.07) is 6.61. The maximum absolute atomic E-state index is 6.20. The van der Waals surface area contributed by atoms with E-state index < -0.39 is 0 Å². The lowest BCUT2D eigenvalue weighted by atomic mass is 10.1. The van der Waals surface area contributed by atoms with Gasteiger partial charge in [-0.25, -0.2) is 0 Å². The molecule has 5 heteroatoms. The normalized spacial score (nSPS) is 21.0. The first-order chi connectivity index (χ1) is 7.66. The number of halogens is 3. The van der Waals surface area contributed by atoms with Crippen molar-refractivity contribution in [2.45, 2.75) is 19.5 Å². The summed E-state index contributed by atoms with van der Waals surface area (Å²) in [7, 11) is 0. The number of hydrogen-bond donors (Lipinski definition) is 1. The third kappa shape index (κ3) is 4.11. The van der Waals surface area contributed by atoms with Crippen molar-refractivity contribution < 1.29 is 0 Å². The highest BCUT2D eigenvalue weighted by Gasteiger charge is 2.18. The van der Waals surface area contributed by atoms with E-state index in [2.05, 4.69) is 39.1 Å². The number of piperazine rings is 1. The molecule has 0 saturated carbocycles. The zero-order valence-corrected chi connectivity index (χ0v) is 12.9. The summed E-state index contributed by atoms with van der Waals surface area (Å²) in [5.74, 6) is 0. The minimum atomic E-state index is 0. The fourth-order valence-electron chi connectivity index (χ4n) is 2.00. The Balaban J connectivity index is 0.00000144. The van der Waals surface area contributed by atoms with Crippen LogP contribution in [0, 0.1) is 0 Å². The van der Waals surface area contributed by atoms with E-state index in [-0.39, 0.29) is 12.4 Å². The summed E-state index contributed by atoms with van der Waals surface area (Å²) in [6.45, 7) is 6.39. The van der Waals surface area contributed by atoms with E-state index in [1.54, 1.807) is 0 Å². The highest BCUT2D eigenvalue weighted by molar-refractivity contribution is 9.10. The van der Waals surface area contributed by atoms with Crippen LogP contribution in [0.25, 0.3) is 0 Å². The molecule has 1 N–H and O–H groups in total. The third-order valence-corrected chi connectivity index (χ3v) is 3.88. The standard InChI is InChI=1S/C12H16BrClN2.ClH/c1-9-7-15-4-5-16(9)8-10-6-11(13)2-3-12(10)14;/h2-3,6,9,15H,4-5,7-8H2,1H3;1H/t9-;/m0./s1. The summed E-state index contributed by atoms with van der Waals surface area (Å²) < 4.78 is 1.09. The van der Waals surface area contributed by atoms with Gasteiger partial charge in [-0.15, -0.1) is 12.4 Å². The Bertz CT molecular complexity index is 374. The predicted octanol–water partition coefficient (Wildman–Crippen LogP) is 3.32. The van der Waals surface area contributed by atoms with Gasteiger partial charge in [0.2, 0.25) is 0 Å². The van der Waals surface area contributed by atoms with E-state index in [0.717, 1.165) is 35.7 Å². The minimum Gasteiger partial charge on any atom is -0.314 e. The van der Waals surface area contributed by atoms with Crippen LogP contribution < -0.4 is 5.32 Å². The molecular formula is C12H17BrCl2N2. The van der Waals surface area contributed by atoms with Gasteiger partial charge in [-0.2, -0.15) is 0 Å². The monoisotopic (exact) mass is 338 g/mol. The van der Waals surface area contributed by atoms with Crippen LogP contribution in [-0.4, -0.2) is 30.6 Å². The van der Waals surface area contributed by atoms with E-state index in [0.29, 0.717) is 6.04 Å². The summed E-state index contributed by atoms with van der Waals surface area (Å²) in [4.78, 5) is 2.46. The zero-order chi connectivity index (χ0) is 11.5. The van der Waals surface area contributed by atoms with Crippen molar-refractivity contribution >= 4 is 39.9 Å². The first-order valence-electron chi connectivity index (χ1n) is 5.55.